The summed E-state index contributed by atoms with van der Waals surface area (Å²) in [5.41, 5.74) is 0. The summed E-state index contributed by atoms with van der Waals surface area (Å²) in [6, 6.07) is 0. The zero-order valence-corrected chi connectivity index (χ0v) is 20.4. The Bertz CT molecular complexity index is 481. The zero-order chi connectivity index (χ0) is 25.7. The van der Waals surface area contributed by atoms with E-state index in [4.69, 9.17) is 45.0 Å². The Labute approximate surface area is 201 Å². The molecule has 0 rings (SSSR count). The van der Waals surface area contributed by atoms with Crippen molar-refractivity contribution in [1.82, 2.24) is 0 Å². The van der Waals surface area contributed by atoms with Crippen LogP contribution in [0.1, 0.15) is 0 Å². The Kier molecular flexibility index (Phi) is 60.4. The molecule has 12 nitrogen and oxygen atoms in total. The minimum atomic E-state index is -1.23. The van der Waals surface area contributed by atoms with Gasteiger partial charge in [0.25, 0.3) is 0 Å². The van der Waals surface area contributed by atoms with Crippen molar-refractivity contribution in [3.8, 4) is 0 Å². The second kappa shape index (κ2) is 40.9. The van der Waals surface area contributed by atoms with Crippen LogP contribution >= 0.6 is 0 Å². The van der Waals surface area contributed by atoms with Crippen LogP contribution in [0.15, 0.2) is 75.9 Å². The molecule has 169 valence electrons. The maximum atomic E-state index is 9.25. The van der Waals surface area contributed by atoms with Crippen molar-refractivity contribution in [2.45, 2.75) is 0 Å². The van der Waals surface area contributed by atoms with E-state index in [1.807, 2.05) is 0 Å². The molecule has 0 aromatic rings. The molecule has 0 fully saturated rings. The number of aliphatic carboxylic acids is 6. The second-order valence-electron chi connectivity index (χ2n) is 3.20. The van der Waals surface area contributed by atoms with Gasteiger partial charge in [-0.3, -0.25) is 0 Å². The summed E-state index contributed by atoms with van der Waals surface area (Å²) < 4.78 is 0. The third-order valence-electron chi connectivity index (χ3n) is 1.02. The van der Waals surface area contributed by atoms with Gasteiger partial charge in [-0.2, -0.15) is 0 Å². The fraction of sp³-hybridized carbons (Fsp3) is 0. The van der Waals surface area contributed by atoms with Gasteiger partial charge in [0.05, 0.1) is 17.9 Å². The first-order valence-corrected chi connectivity index (χ1v) is 6.69. The average Bonchev–Trinajstić information content (AvgIpc) is 2.69. The number of rotatable bonds is 6. The van der Waals surface area contributed by atoms with Crippen molar-refractivity contribution in [2.24, 2.45) is 0 Å². The van der Waals surface area contributed by atoms with Gasteiger partial charge >= 0.3 is 49.0 Å². The molecule has 0 aliphatic carbocycles. The smallest absolute Gasteiger partial charge is 0.545 e. The van der Waals surface area contributed by atoms with Crippen molar-refractivity contribution >= 4 is 35.8 Å². The van der Waals surface area contributed by atoms with Crippen LogP contribution in [-0.2, 0) is 28.8 Å². The molecule has 0 aromatic heterocycles. The van der Waals surface area contributed by atoms with Crippen LogP contribution in [0.5, 0.6) is 0 Å². The molecule has 0 saturated heterocycles. The normalized spacial score (nSPS) is 6.19. The maximum Gasteiger partial charge on any atom is 3.00 e. The van der Waals surface area contributed by atoms with Crippen LogP contribution in [0, 0.1) is 31.1 Å². The molecular weight excluding hydrogens is 646 g/mol. The molecule has 0 unspecified atom stereocenters. The number of carboxylic acid groups (broad SMARTS) is 6. The number of hydrogen-bond donors (Lipinski definition) is 3. The van der Waals surface area contributed by atoms with E-state index in [0.29, 0.717) is 0 Å². The molecule has 0 bridgehead atoms. The van der Waals surface area contributed by atoms with E-state index in [0.717, 1.165) is 36.5 Å². The number of carbonyl (C=O) groups excluding carboxylic acids is 3. The van der Waals surface area contributed by atoms with E-state index in [2.05, 4.69) is 39.5 Å². The standard InChI is InChI=1S/6C3H4O2.U/c6*1-2-3(4)5;/h6*2H,1H2,(H,4,5);/q;;;;;;+3/p-3. The predicted octanol–water partition coefficient (Wildman–Crippen LogP) is -2.46. The molecule has 0 spiro atoms. The molecule has 0 aliphatic heterocycles. The summed E-state index contributed by atoms with van der Waals surface area (Å²) in [6.45, 7) is 17.6. The summed E-state index contributed by atoms with van der Waals surface area (Å²) in [4.78, 5) is 55.2. The van der Waals surface area contributed by atoms with E-state index in [1.165, 1.54) is 0 Å². The number of carboxylic acids is 6. The summed E-state index contributed by atoms with van der Waals surface area (Å²) in [6.07, 6.45) is 4.67. The molecule has 0 aromatic carbocycles. The Hall–Kier alpha value is -3.69. The van der Waals surface area contributed by atoms with Gasteiger partial charge in [-0.05, 0) is 18.2 Å². The first-order chi connectivity index (χ1) is 13.6. The van der Waals surface area contributed by atoms with E-state index in [-0.39, 0.29) is 31.1 Å². The quantitative estimate of drug-likeness (QED) is 0.250. The molecule has 31 heavy (non-hydrogen) atoms. The van der Waals surface area contributed by atoms with Gasteiger partial charge in [-0.25, -0.2) is 14.4 Å². The van der Waals surface area contributed by atoms with Crippen molar-refractivity contribution in [3.05, 3.63) is 75.9 Å². The zero-order valence-electron chi connectivity index (χ0n) is 16.2. The van der Waals surface area contributed by atoms with Crippen LogP contribution < -0.4 is 15.3 Å². The van der Waals surface area contributed by atoms with Gasteiger partial charge in [0.1, 0.15) is 0 Å². The third kappa shape index (κ3) is 225. The SMILES string of the molecule is C=CC(=O)O.C=CC(=O)O.C=CC(=O)O.C=CC(=O)[O-].C=CC(=O)[O-].C=CC(=O)[O-].[U+3]. The van der Waals surface area contributed by atoms with Crippen molar-refractivity contribution < 1.29 is 90.5 Å². The minimum Gasteiger partial charge on any atom is -0.545 e. The summed E-state index contributed by atoms with van der Waals surface area (Å²) in [5, 5.41) is 50.2. The molecule has 3 N–H and O–H groups in total. The molecule has 0 amide bonds. The predicted molar refractivity (Wildman–Crippen MR) is 99.1 cm³/mol. The fourth-order valence-electron chi connectivity index (χ4n) is 0. The van der Waals surface area contributed by atoms with Crippen molar-refractivity contribution in [3.63, 3.8) is 0 Å². The minimum absolute atomic E-state index is 0. The molecular formula is C18H21O12U. The Morgan fingerprint density at radius 1 is 0.452 bits per heavy atom. The summed E-state index contributed by atoms with van der Waals surface area (Å²) in [5.74, 6) is -6.64. The van der Waals surface area contributed by atoms with Crippen LogP contribution in [0.25, 0.3) is 0 Å². The summed E-state index contributed by atoms with van der Waals surface area (Å²) >= 11 is 0. The molecule has 0 aliphatic rings. The van der Waals surface area contributed by atoms with Crippen LogP contribution in [0.3, 0.4) is 0 Å². The van der Waals surface area contributed by atoms with Gasteiger partial charge in [0.2, 0.25) is 0 Å². The topological polar surface area (TPSA) is 232 Å². The van der Waals surface area contributed by atoms with Gasteiger partial charge in [-0.15, -0.1) is 0 Å². The maximum absolute atomic E-state index is 9.25. The molecule has 1 radical (unpaired) electrons. The number of hydrogen-bond acceptors (Lipinski definition) is 9. The first kappa shape index (κ1) is 45.8. The third-order valence-corrected chi connectivity index (χ3v) is 1.02. The molecule has 0 saturated carbocycles. The molecule has 0 atom stereocenters. The largest absolute Gasteiger partial charge is 3.00 e. The Balaban J connectivity index is -0.0000000443. The molecule has 13 heteroatoms. The molecule has 0 heterocycles. The van der Waals surface area contributed by atoms with Crippen LogP contribution in [0.4, 0.5) is 0 Å². The second-order valence-corrected chi connectivity index (χ2v) is 3.20. The van der Waals surface area contributed by atoms with E-state index in [9.17, 15) is 14.4 Å². The van der Waals surface area contributed by atoms with Crippen molar-refractivity contribution in [1.29, 1.82) is 0 Å². The van der Waals surface area contributed by atoms with E-state index < -0.39 is 35.8 Å². The van der Waals surface area contributed by atoms with E-state index in [1.54, 1.807) is 0 Å². The summed E-state index contributed by atoms with van der Waals surface area (Å²) in [7, 11) is 0. The van der Waals surface area contributed by atoms with Crippen molar-refractivity contribution in [2.75, 3.05) is 0 Å². The van der Waals surface area contributed by atoms with Gasteiger partial charge in [0, 0.05) is 18.2 Å². The van der Waals surface area contributed by atoms with E-state index >= 15 is 0 Å². The van der Waals surface area contributed by atoms with Gasteiger partial charge in [-0.1, -0.05) is 39.5 Å². The monoisotopic (exact) mass is 667 g/mol. The first-order valence-electron chi connectivity index (χ1n) is 6.69. The Morgan fingerprint density at radius 2 is 0.516 bits per heavy atom. The fourth-order valence-corrected chi connectivity index (χ4v) is 0. The van der Waals surface area contributed by atoms with Crippen LogP contribution in [0.2, 0.25) is 0 Å². The van der Waals surface area contributed by atoms with Crippen LogP contribution in [-0.4, -0.2) is 51.1 Å². The Morgan fingerprint density at radius 3 is 0.516 bits per heavy atom. The average molecular weight is 667 g/mol. The van der Waals surface area contributed by atoms with Gasteiger partial charge < -0.3 is 45.0 Å². The number of carbonyl (C=O) groups is 6. The van der Waals surface area contributed by atoms with Gasteiger partial charge in [0.15, 0.2) is 0 Å².